The molecule has 2 rings (SSSR count). The SMILES string of the molecule is O=C(CCc1ccc(Cl)cc1Cl)NNC(=O)c1ccccc1Cl. The molecule has 0 aliphatic rings. The Kier molecular flexibility index (Phi) is 6.28. The molecule has 0 saturated carbocycles. The molecule has 0 radical (unpaired) electrons. The maximum absolute atomic E-state index is 11.9. The minimum atomic E-state index is -0.478. The largest absolute Gasteiger partial charge is 0.273 e. The normalized spacial score (nSPS) is 10.2. The Morgan fingerprint density at radius 1 is 0.913 bits per heavy atom. The average molecular weight is 372 g/mol. The van der Waals surface area contributed by atoms with Crippen molar-refractivity contribution in [2.24, 2.45) is 0 Å². The van der Waals surface area contributed by atoms with E-state index in [1.165, 1.54) is 0 Å². The molecular formula is C16H13Cl3N2O2. The van der Waals surface area contributed by atoms with E-state index in [0.717, 1.165) is 5.56 Å². The smallest absolute Gasteiger partial charge is 0.271 e. The molecule has 0 aliphatic carbocycles. The number of hydrogen-bond donors (Lipinski definition) is 2. The van der Waals surface area contributed by atoms with Gasteiger partial charge < -0.3 is 0 Å². The molecule has 0 bridgehead atoms. The van der Waals surface area contributed by atoms with Crippen LogP contribution < -0.4 is 10.9 Å². The minimum Gasteiger partial charge on any atom is -0.273 e. The van der Waals surface area contributed by atoms with Crippen molar-refractivity contribution in [3.63, 3.8) is 0 Å². The fourth-order valence-electron chi connectivity index (χ4n) is 1.87. The summed E-state index contributed by atoms with van der Waals surface area (Å²) in [6.07, 6.45) is 0.605. The van der Waals surface area contributed by atoms with Gasteiger partial charge >= 0.3 is 0 Å². The van der Waals surface area contributed by atoms with E-state index in [4.69, 9.17) is 34.8 Å². The van der Waals surface area contributed by atoms with E-state index < -0.39 is 5.91 Å². The van der Waals surface area contributed by atoms with Crippen molar-refractivity contribution in [1.29, 1.82) is 0 Å². The molecule has 7 heteroatoms. The molecule has 2 amide bonds. The summed E-state index contributed by atoms with van der Waals surface area (Å²) in [6.45, 7) is 0. The molecule has 120 valence electrons. The van der Waals surface area contributed by atoms with Gasteiger partial charge in [0.15, 0.2) is 0 Å². The molecule has 2 aromatic carbocycles. The van der Waals surface area contributed by atoms with Gasteiger partial charge in [-0.25, -0.2) is 0 Å². The lowest BCUT2D eigenvalue weighted by atomic mass is 10.1. The average Bonchev–Trinajstić information content (AvgIpc) is 2.52. The van der Waals surface area contributed by atoms with Crippen molar-refractivity contribution in [3.8, 4) is 0 Å². The Balaban J connectivity index is 1.83. The summed E-state index contributed by atoms with van der Waals surface area (Å²) >= 11 is 17.8. The molecule has 0 unspecified atom stereocenters. The van der Waals surface area contributed by atoms with Crippen molar-refractivity contribution in [3.05, 3.63) is 68.7 Å². The van der Waals surface area contributed by atoms with Crippen LogP contribution in [0.3, 0.4) is 0 Å². The topological polar surface area (TPSA) is 58.2 Å². The zero-order chi connectivity index (χ0) is 16.8. The van der Waals surface area contributed by atoms with Crippen LogP contribution in [0.5, 0.6) is 0 Å². The fraction of sp³-hybridized carbons (Fsp3) is 0.125. The Hall–Kier alpha value is -1.75. The van der Waals surface area contributed by atoms with Gasteiger partial charge in [-0.05, 0) is 36.2 Å². The number of amides is 2. The maximum Gasteiger partial charge on any atom is 0.271 e. The lowest BCUT2D eigenvalue weighted by Crippen LogP contribution is -2.41. The van der Waals surface area contributed by atoms with Gasteiger partial charge in [-0.3, -0.25) is 20.4 Å². The van der Waals surface area contributed by atoms with E-state index >= 15 is 0 Å². The molecule has 0 spiro atoms. The second kappa shape index (κ2) is 8.20. The van der Waals surface area contributed by atoms with Crippen LogP contribution in [-0.4, -0.2) is 11.8 Å². The molecular weight excluding hydrogens is 359 g/mol. The quantitative estimate of drug-likeness (QED) is 0.797. The third-order valence-corrected chi connectivity index (χ3v) is 3.99. The van der Waals surface area contributed by atoms with Crippen LogP contribution in [0.1, 0.15) is 22.3 Å². The van der Waals surface area contributed by atoms with Crippen molar-refractivity contribution in [1.82, 2.24) is 10.9 Å². The minimum absolute atomic E-state index is 0.171. The summed E-state index contributed by atoms with van der Waals surface area (Å²) in [5, 5.41) is 1.35. The molecule has 2 aromatic rings. The second-order valence-corrected chi connectivity index (χ2v) is 5.97. The van der Waals surface area contributed by atoms with Crippen LogP contribution in [-0.2, 0) is 11.2 Å². The van der Waals surface area contributed by atoms with Crippen molar-refractivity contribution < 1.29 is 9.59 Å². The standard InChI is InChI=1S/C16H13Cl3N2O2/c17-11-7-5-10(14(19)9-11)6-8-15(22)20-21-16(23)12-3-1-2-4-13(12)18/h1-5,7,9H,6,8H2,(H,20,22)(H,21,23). The first-order chi connectivity index (χ1) is 11.0. The van der Waals surface area contributed by atoms with Crippen LogP contribution >= 0.6 is 34.8 Å². The number of benzene rings is 2. The predicted molar refractivity (Wildman–Crippen MR) is 91.8 cm³/mol. The molecule has 0 saturated heterocycles. The maximum atomic E-state index is 11.9. The molecule has 0 fully saturated rings. The lowest BCUT2D eigenvalue weighted by molar-refractivity contribution is -0.121. The monoisotopic (exact) mass is 370 g/mol. The molecule has 2 N–H and O–H groups in total. The molecule has 0 aromatic heterocycles. The van der Waals surface area contributed by atoms with Crippen molar-refractivity contribution >= 4 is 46.6 Å². The van der Waals surface area contributed by atoms with E-state index in [0.29, 0.717) is 21.5 Å². The highest BCUT2D eigenvalue weighted by Crippen LogP contribution is 2.22. The summed E-state index contributed by atoms with van der Waals surface area (Å²) < 4.78 is 0. The van der Waals surface area contributed by atoms with Crippen molar-refractivity contribution in [2.45, 2.75) is 12.8 Å². The predicted octanol–water partition coefficient (Wildman–Crippen LogP) is 4.04. The first-order valence-electron chi connectivity index (χ1n) is 6.75. The Morgan fingerprint density at radius 2 is 1.65 bits per heavy atom. The molecule has 0 aliphatic heterocycles. The third kappa shape index (κ3) is 5.13. The van der Waals surface area contributed by atoms with Gasteiger partial charge in [0, 0.05) is 16.5 Å². The van der Waals surface area contributed by atoms with Crippen LogP contribution in [0.15, 0.2) is 42.5 Å². The number of hydrazine groups is 1. The lowest BCUT2D eigenvalue weighted by Gasteiger charge is -2.09. The molecule has 0 heterocycles. The van der Waals surface area contributed by atoms with Crippen LogP contribution in [0.2, 0.25) is 15.1 Å². The van der Waals surface area contributed by atoms with E-state index in [9.17, 15) is 9.59 Å². The zero-order valence-corrected chi connectivity index (χ0v) is 14.2. The first-order valence-corrected chi connectivity index (χ1v) is 7.88. The van der Waals surface area contributed by atoms with Gasteiger partial charge in [0.2, 0.25) is 5.91 Å². The number of rotatable bonds is 4. The number of hydrogen-bond acceptors (Lipinski definition) is 2. The van der Waals surface area contributed by atoms with Gasteiger partial charge in [0.05, 0.1) is 10.6 Å². The molecule has 23 heavy (non-hydrogen) atoms. The van der Waals surface area contributed by atoms with Gasteiger partial charge in [-0.1, -0.05) is 53.0 Å². The second-order valence-electron chi connectivity index (χ2n) is 4.72. The highest BCUT2D eigenvalue weighted by atomic mass is 35.5. The van der Waals surface area contributed by atoms with Gasteiger partial charge in [0.1, 0.15) is 0 Å². The fourth-order valence-corrected chi connectivity index (χ4v) is 2.60. The summed E-state index contributed by atoms with van der Waals surface area (Å²) in [6, 6.07) is 11.7. The van der Waals surface area contributed by atoms with Gasteiger partial charge in [-0.2, -0.15) is 0 Å². The van der Waals surface area contributed by atoms with E-state index in [1.807, 2.05) is 0 Å². The van der Waals surface area contributed by atoms with E-state index in [2.05, 4.69) is 10.9 Å². The summed E-state index contributed by atoms with van der Waals surface area (Å²) in [5.74, 6) is -0.815. The van der Waals surface area contributed by atoms with Crippen LogP contribution in [0.4, 0.5) is 0 Å². The number of carbonyl (C=O) groups is 2. The van der Waals surface area contributed by atoms with Crippen LogP contribution in [0.25, 0.3) is 0 Å². The Labute approximate surface area is 148 Å². The number of nitrogens with one attached hydrogen (secondary N) is 2. The summed E-state index contributed by atoms with van der Waals surface area (Å²) in [7, 11) is 0. The Morgan fingerprint density at radius 3 is 2.35 bits per heavy atom. The Bertz CT molecular complexity index is 735. The highest BCUT2D eigenvalue weighted by Gasteiger charge is 2.11. The summed E-state index contributed by atoms with van der Waals surface area (Å²) in [4.78, 5) is 23.7. The van der Waals surface area contributed by atoms with Gasteiger partial charge in [-0.15, -0.1) is 0 Å². The van der Waals surface area contributed by atoms with E-state index in [1.54, 1.807) is 42.5 Å². The highest BCUT2D eigenvalue weighted by molar-refractivity contribution is 6.35. The molecule has 0 atom stereocenters. The van der Waals surface area contributed by atoms with Gasteiger partial charge in [0.25, 0.3) is 5.91 Å². The summed E-state index contributed by atoms with van der Waals surface area (Å²) in [5.41, 5.74) is 5.76. The number of aryl methyl sites for hydroxylation is 1. The van der Waals surface area contributed by atoms with Crippen molar-refractivity contribution in [2.75, 3.05) is 0 Å². The van der Waals surface area contributed by atoms with Crippen LogP contribution in [0, 0.1) is 0 Å². The number of halogens is 3. The third-order valence-electron chi connectivity index (χ3n) is 3.07. The molecule has 4 nitrogen and oxygen atoms in total. The first kappa shape index (κ1) is 17.6. The number of carbonyl (C=O) groups excluding carboxylic acids is 2. The van der Waals surface area contributed by atoms with E-state index in [-0.39, 0.29) is 17.9 Å². The zero-order valence-electron chi connectivity index (χ0n) is 11.9.